The number of hydrogen-bond donors (Lipinski definition) is 0. The van der Waals surface area contributed by atoms with E-state index in [9.17, 15) is 0 Å². The number of benzene rings is 6. The molecule has 0 aliphatic carbocycles. The zero-order valence-corrected chi connectivity index (χ0v) is 30.8. The second kappa shape index (κ2) is 14.3. The third-order valence-electron chi connectivity index (χ3n) is 8.65. The number of nitrogens with zero attached hydrogens (tertiary/aromatic N) is 2. The average Bonchev–Trinajstić information content (AvgIpc) is 3.09. The van der Waals surface area contributed by atoms with Crippen LogP contribution in [0.25, 0.3) is 33.4 Å². The van der Waals surface area contributed by atoms with Crippen LogP contribution in [0.15, 0.2) is 154 Å². The fraction of sp³-hybridized carbons (Fsp3) is 0.200. The first kappa shape index (κ1) is 34.0. The van der Waals surface area contributed by atoms with Crippen LogP contribution in [-0.2, 0) is 10.9 Å². The molecule has 0 bridgehead atoms. The quantitative estimate of drug-likeness (QED) is 0.143. The first-order valence-electron chi connectivity index (χ1n) is 16.9. The first-order chi connectivity index (χ1) is 23.5. The third kappa shape index (κ3) is 7.55. The normalized spacial score (nSPS) is 11.4. The summed E-state index contributed by atoms with van der Waals surface area (Å²) in [7, 11) is 8.03. The predicted octanol–water partition coefficient (Wildman–Crippen LogP) is 11.4. The molecule has 49 heavy (non-hydrogen) atoms. The van der Waals surface area contributed by atoms with E-state index in [-0.39, 0.29) is 16.5 Å². The van der Waals surface area contributed by atoms with Gasteiger partial charge in [-0.15, -0.1) is 0 Å². The number of rotatable bonds is 9. The van der Waals surface area contributed by atoms with E-state index in [0.29, 0.717) is 0 Å². The highest BCUT2D eigenvalue weighted by atomic mass is 32.2. The molecule has 6 aromatic rings. The lowest BCUT2D eigenvalue weighted by Gasteiger charge is -2.24. The van der Waals surface area contributed by atoms with Gasteiger partial charge >= 0.3 is 0 Å². The molecule has 0 atom stereocenters. The van der Waals surface area contributed by atoms with E-state index in [1.165, 1.54) is 59.4 Å². The molecule has 0 aliphatic heterocycles. The van der Waals surface area contributed by atoms with Gasteiger partial charge in [-0.1, -0.05) is 72.8 Å². The smallest absolute Gasteiger partial charge is 0.170 e. The zero-order chi connectivity index (χ0) is 34.7. The molecule has 0 saturated carbocycles. The fourth-order valence-electron chi connectivity index (χ4n) is 6.27. The number of hydrogen-bond acceptors (Lipinski definition) is 3. The van der Waals surface area contributed by atoms with Crippen LogP contribution in [0, 0.1) is 6.92 Å². The molecule has 6 aromatic carbocycles. The Morgan fingerprint density at radius 2 is 0.939 bits per heavy atom. The lowest BCUT2D eigenvalue weighted by Crippen LogP contribution is -2.22. The molecule has 4 heteroatoms. The monoisotopic (exact) mass is 663 g/mol. The van der Waals surface area contributed by atoms with Crippen LogP contribution in [0.5, 0.6) is 5.75 Å². The van der Waals surface area contributed by atoms with Crippen LogP contribution in [0.3, 0.4) is 0 Å². The Labute approximate surface area is 296 Å². The van der Waals surface area contributed by atoms with Crippen molar-refractivity contribution in [1.29, 1.82) is 0 Å². The summed E-state index contributed by atoms with van der Waals surface area (Å²) in [4.78, 5) is 8.23. The molecule has 0 spiro atoms. The molecular formula is C45H47N2OS+. The molecule has 0 aromatic heterocycles. The molecule has 248 valence electrons. The summed E-state index contributed by atoms with van der Waals surface area (Å²) in [6.07, 6.45) is 0. The van der Waals surface area contributed by atoms with E-state index >= 15 is 0 Å². The maximum atomic E-state index is 6.26. The maximum Gasteiger partial charge on any atom is 0.170 e. The molecule has 0 saturated heterocycles. The van der Waals surface area contributed by atoms with Crippen LogP contribution in [0.2, 0.25) is 0 Å². The van der Waals surface area contributed by atoms with Crippen molar-refractivity contribution in [3.63, 3.8) is 0 Å². The van der Waals surface area contributed by atoms with Gasteiger partial charge < -0.3 is 14.5 Å². The summed E-state index contributed by atoms with van der Waals surface area (Å²) in [5, 5.41) is 0. The van der Waals surface area contributed by atoms with Gasteiger partial charge in [0.2, 0.25) is 0 Å². The minimum atomic E-state index is -0.338. The molecular weight excluding hydrogens is 617 g/mol. The molecule has 0 radical (unpaired) electrons. The van der Waals surface area contributed by atoms with Crippen LogP contribution in [0.1, 0.15) is 26.3 Å². The van der Waals surface area contributed by atoms with E-state index in [2.05, 4.69) is 205 Å². The van der Waals surface area contributed by atoms with Crippen LogP contribution in [-0.4, -0.2) is 33.8 Å². The van der Waals surface area contributed by atoms with E-state index in [1.807, 2.05) is 0 Å². The van der Waals surface area contributed by atoms with Gasteiger partial charge in [-0.2, -0.15) is 0 Å². The molecule has 0 unspecified atom stereocenters. The molecule has 0 amide bonds. The van der Waals surface area contributed by atoms with Gasteiger partial charge in [0.25, 0.3) is 0 Å². The molecule has 0 N–H and O–H groups in total. The van der Waals surface area contributed by atoms with Crippen LogP contribution >= 0.6 is 0 Å². The van der Waals surface area contributed by atoms with Gasteiger partial charge in [-0.25, -0.2) is 0 Å². The summed E-state index contributed by atoms with van der Waals surface area (Å²) in [5.41, 5.74) is 10.6. The van der Waals surface area contributed by atoms with Crippen LogP contribution in [0.4, 0.5) is 11.4 Å². The highest BCUT2D eigenvalue weighted by molar-refractivity contribution is 7.97. The standard InChI is InChI=1S/C45H47N2OS/c1-32-42(49(39-15-11-9-12-16-39)40-17-13-10-14-18-40)31-41(33-23-29-38(30-24-33)48-45(2,3)4)44(35-21-27-37(28-22-35)47(7)8)43(32)34-19-25-36(26-20-34)46(5)6/h9-31H,1-8H3/q+1. The number of ether oxygens (including phenoxy) is 1. The van der Waals surface area contributed by atoms with Crippen molar-refractivity contribution in [1.82, 2.24) is 0 Å². The Morgan fingerprint density at radius 3 is 1.37 bits per heavy atom. The SMILES string of the molecule is Cc1c([S+](c2ccccc2)c2ccccc2)cc(-c2ccc(OC(C)(C)C)cc2)c(-c2ccc(N(C)C)cc2)c1-c1ccc(N(C)C)cc1. The highest BCUT2D eigenvalue weighted by Gasteiger charge is 2.34. The van der Waals surface area contributed by atoms with E-state index in [1.54, 1.807) is 0 Å². The summed E-state index contributed by atoms with van der Waals surface area (Å²) < 4.78 is 6.26. The van der Waals surface area contributed by atoms with Gasteiger partial charge in [0.15, 0.2) is 14.7 Å². The fourth-order valence-corrected chi connectivity index (χ4v) is 8.55. The van der Waals surface area contributed by atoms with Crippen molar-refractivity contribution in [3.8, 4) is 39.1 Å². The van der Waals surface area contributed by atoms with Gasteiger partial charge in [-0.3, -0.25) is 0 Å². The van der Waals surface area contributed by atoms with Crippen molar-refractivity contribution in [3.05, 3.63) is 145 Å². The Bertz CT molecular complexity index is 1950. The summed E-state index contributed by atoms with van der Waals surface area (Å²) in [5.74, 6) is 0.869. The van der Waals surface area contributed by atoms with Crippen molar-refractivity contribution >= 4 is 22.3 Å². The lowest BCUT2D eigenvalue weighted by molar-refractivity contribution is 0.131. The first-order valence-corrected chi connectivity index (χ1v) is 18.1. The minimum Gasteiger partial charge on any atom is -0.488 e. The Kier molecular flexibility index (Phi) is 9.89. The number of anilines is 2. The zero-order valence-electron chi connectivity index (χ0n) is 30.0. The molecule has 6 rings (SSSR count). The Balaban J connectivity index is 1.70. The third-order valence-corrected chi connectivity index (χ3v) is 11.0. The van der Waals surface area contributed by atoms with E-state index in [0.717, 1.165) is 11.3 Å². The Hall–Kier alpha value is -4.93. The van der Waals surface area contributed by atoms with Gasteiger partial charge in [-0.05, 0) is 122 Å². The summed E-state index contributed by atoms with van der Waals surface area (Å²) in [6, 6.07) is 51.1. The topological polar surface area (TPSA) is 15.7 Å². The molecule has 0 fully saturated rings. The molecule has 0 aliphatic rings. The average molecular weight is 664 g/mol. The van der Waals surface area contributed by atoms with Gasteiger partial charge in [0, 0.05) is 51.2 Å². The summed E-state index contributed by atoms with van der Waals surface area (Å²) >= 11 is 0. The lowest BCUT2D eigenvalue weighted by atomic mass is 9.85. The van der Waals surface area contributed by atoms with Crippen molar-refractivity contribution < 1.29 is 4.74 Å². The van der Waals surface area contributed by atoms with Crippen molar-refractivity contribution in [2.75, 3.05) is 38.0 Å². The van der Waals surface area contributed by atoms with Crippen molar-refractivity contribution in [2.24, 2.45) is 0 Å². The largest absolute Gasteiger partial charge is 0.488 e. The second-order valence-corrected chi connectivity index (χ2v) is 15.8. The Morgan fingerprint density at radius 1 is 0.510 bits per heavy atom. The van der Waals surface area contributed by atoms with Crippen molar-refractivity contribution in [2.45, 2.75) is 48.0 Å². The maximum absolute atomic E-state index is 6.26. The molecule has 0 heterocycles. The highest BCUT2D eigenvalue weighted by Crippen LogP contribution is 2.47. The van der Waals surface area contributed by atoms with E-state index in [4.69, 9.17) is 4.74 Å². The second-order valence-electron chi connectivity index (χ2n) is 13.9. The van der Waals surface area contributed by atoms with Gasteiger partial charge in [0.1, 0.15) is 11.4 Å². The van der Waals surface area contributed by atoms with Crippen LogP contribution < -0.4 is 14.5 Å². The predicted molar refractivity (Wildman–Crippen MR) is 212 cm³/mol. The van der Waals surface area contributed by atoms with Gasteiger partial charge in [0.05, 0.1) is 10.9 Å². The minimum absolute atomic E-state index is 0.274. The summed E-state index contributed by atoms with van der Waals surface area (Å²) in [6.45, 7) is 8.58. The molecule has 3 nitrogen and oxygen atoms in total. The van der Waals surface area contributed by atoms with E-state index < -0.39 is 0 Å².